The average molecular weight is 274 g/mol. The van der Waals surface area contributed by atoms with Gasteiger partial charge in [0.25, 0.3) is 0 Å². The normalized spacial score (nSPS) is 11.9. The van der Waals surface area contributed by atoms with Gasteiger partial charge in [0.2, 0.25) is 5.91 Å². The largest absolute Gasteiger partial charge is 0.298 e. The molecule has 3 N–H and O–H groups in total. The van der Waals surface area contributed by atoms with Crippen molar-refractivity contribution in [3.63, 3.8) is 0 Å². The van der Waals surface area contributed by atoms with Crippen molar-refractivity contribution in [1.29, 1.82) is 5.26 Å². The number of nitrogens with one attached hydrogen (secondary N) is 1. The van der Waals surface area contributed by atoms with E-state index in [4.69, 9.17) is 11.1 Å². The summed E-state index contributed by atoms with van der Waals surface area (Å²) in [5, 5.41) is 8.86. The lowest BCUT2D eigenvalue weighted by Crippen LogP contribution is -2.31. The van der Waals surface area contributed by atoms with Crippen LogP contribution in [0, 0.1) is 17.2 Å². The van der Waals surface area contributed by atoms with Crippen LogP contribution >= 0.6 is 0 Å². The predicted molar refractivity (Wildman–Crippen MR) is 78.2 cm³/mol. The van der Waals surface area contributed by atoms with Crippen LogP contribution in [0.25, 0.3) is 0 Å². The summed E-state index contributed by atoms with van der Waals surface area (Å²) >= 11 is 0. The summed E-state index contributed by atoms with van der Waals surface area (Å²) in [7, 11) is 0. The SMILES string of the molecule is CCN(Cc1ccc(CC(=O)NN)cc1)CC(C)C#N. The zero-order valence-corrected chi connectivity index (χ0v) is 12.1. The first-order valence-electron chi connectivity index (χ1n) is 6.78. The smallest absolute Gasteiger partial charge is 0.238 e. The van der Waals surface area contributed by atoms with Crippen LogP contribution in [0.15, 0.2) is 24.3 Å². The number of nitriles is 1. The van der Waals surface area contributed by atoms with Crippen LogP contribution in [0.1, 0.15) is 25.0 Å². The highest BCUT2D eigenvalue weighted by atomic mass is 16.2. The lowest BCUT2D eigenvalue weighted by Gasteiger charge is -2.21. The summed E-state index contributed by atoms with van der Waals surface area (Å²) < 4.78 is 0. The van der Waals surface area contributed by atoms with Crippen LogP contribution in [0.3, 0.4) is 0 Å². The molecular formula is C15H22N4O. The van der Waals surface area contributed by atoms with Crippen LogP contribution in [-0.4, -0.2) is 23.9 Å². The second-order valence-corrected chi connectivity index (χ2v) is 4.92. The van der Waals surface area contributed by atoms with Gasteiger partial charge in [-0.05, 0) is 24.6 Å². The van der Waals surface area contributed by atoms with Crippen LogP contribution in [0.5, 0.6) is 0 Å². The van der Waals surface area contributed by atoms with E-state index in [1.165, 1.54) is 5.56 Å². The molecule has 1 amide bonds. The van der Waals surface area contributed by atoms with Gasteiger partial charge in [-0.1, -0.05) is 31.2 Å². The molecule has 0 radical (unpaired) electrons. The predicted octanol–water partition coefficient (Wildman–Crippen LogP) is 1.20. The number of benzene rings is 1. The second kappa shape index (κ2) is 8.31. The first-order valence-corrected chi connectivity index (χ1v) is 6.78. The third kappa shape index (κ3) is 5.39. The molecule has 0 aliphatic carbocycles. The van der Waals surface area contributed by atoms with E-state index in [9.17, 15) is 4.79 Å². The van der Waals surface area contributed by atoms with E-state index in [-0.39, 0.29) is 11.8 Å². The molecule has 0 aromatic heterocycles. The lowest BCUT2D eigenvalue weighted by atomic mass is 10.1. The summed E-state index contributed by atoms with van der Waals surface area (Å²) in [5.74, 6) is 4.89. The van der Waals surface area contributed by atoms with Crippen LogP contribution in [-0.2, 0) is 17.8 Å². The van der Waals surface area contributed by atoms with E-state index >= 15 is 0 Å². The average Bonchev–Trinajstić information content (AvgIpc) is 2.48. The maximum atomic E-state index is 11.2. The Morgan fingerprint density at radius 3 is 2.50 bits per heavy atom. The molecule has 5 heteroatoms. The summed E-state index contributed by atoms with van der Waals surface area (Å²) in [6.07, 6.45) is 0.291. The third-order valence-electron chi connectivity index (χ3n) is 3.15. The van der Waals surface area contributed by atoms with Gasteiger partial charge in [0.1, 0.15) is 0 Å². The molecule has 0 aliphatic rings. The fraction of sp³-hybridized carbons (Fsp3) is 0.467. The van der Waals surface area contributed by atoms with Crippen molar-refractivity contribution in [2.24, 2.45) is 11.8 Å². The fourth-order valence-corrected chi connectivity index (χ4v) is 1.99. The third-order valence-corrected chi connectivity index (χ3v) is 3.15. The molecule has 0 saturated carbocycles. The van der Waals surface area contributed by atoms with Gasteiger partial charge in [-0.25, -0.2) is 5.84 Å². The minimum Gasteiger partial charge on any atom is -0.298 e. The fourth-order valence-electron chi connectivity index (χ4n) is 1.99. The number of nitrogens with two attached hydrogens (primary N) is 1. The summed E-state index contributed by atoms with van der Waals surface area (Å²) in [4.78, 5) is 13.4. The molecule has 0 bridgehead atoms. The van der Waals surface area contributed by atoms with Crippen molar-refractivity contribution in [2.75, 3.05) is 13.1 Å². The summed E-state index contributed by atoms with van der Waals surface area (Å²) in [6, 6.07) is 10.2. The molecule has 0 saturated heterocycles. The van der Waals surface area contributed by atoms with Crippen molar-refractivity contribution in [1.82, 2.24) is 10.3 Å². The van der Waals surface area contributed by atoms with Gasteiger partial charge in [-0.15, -0.1) is 0 Å². The van der Waals surface area contributed by atoms with Crippen LogP contribution < -0.4 is 11.3 Å². The number of hydrazine groups is 1. The quantitative estimate of drug-likeness (QED) is 0.445. The summed E-state index contributed by atoms with van der Waals surface area (Å²) in [5.41, 5.74) is 4.23. The summed E-state index contributed by atoms with van der Waals surface area (Å²) in [6.45, 7) is 6.50. The zero-order valence-electron chi connectivity index (χ0n) is 12.1. The van der Waals surface area contributed by atoms with E-state index in [2.05, 4.69) is 23.3 Å². The molecule has 1 aromatic carbocycles. The standard InChI is InChI=1S/C15H22N4O/c1-3-19(10-12(2)9-16)11-14-6-4-13(5-7-14)8-15(20)18-17/h4-7,12H,3,8,10-11,17H2,1-2H3,(H,18,20). The Hall–Kier alpha value is -1.90. The molecule has 1 unspecified atom stereocenters. The minimum atomic E-state index is -0.198. The molecular weight excluding hydrogens is 252 g/mol. The zero-order chi connectivity index (χ0) is 15.0. The number of carbonyl (C=O) groups excluding carboxylic acids is 1. The first-order chi connectivity index (χ1) is 9.58. The van der Waals surface area contributed by atoms with Gasteiger partial charge in [0, 0.05) is 13.1 Å². The van der Waals surface area contributed by atoms with Crippen LogP contribution in [0.4, 0.5) is 0 Å². The van der Waals surface area contributed by atoms with Crippen molar-refractivity contribution in [3.05, 3.63) is 35.4 Å². The van der Waals surface area contributed by atoms with Gasteiger partial charge >= 0.3 is 0 Å². The molecule has 0 spiro atoms. The number of amides is 1. The second-order valence-electron chi connectivity index (χ2n) is 4.92. The first kappa shape index (κ1) is 16.2. The van der Waals surface area contributed by atoms with Crippen molar-refractivity contribution in [3.8, 4) is 6.07 Å². The van der Waals surface area contributed by atoms with Gasteiger partial charge in [0.15, 0.2) is 0 Å². The van der Waals surface area contributed by atoms with Crippen molar-refractivity contribution < 1.29 is 4.79 Å². The van der Waals surface area contributed by atoms with E-state index in [1.54, 1.807) is 0 Å². The van der Waals surface area contributed by atoms with Crippen LogP contribution in [0.2, 0.25) is 0 Å². The monoisotopic (exact) mass is 274 g/mol. The Morgan fingerprint density at radius 2 is 2.00 bits per heavy atom. The highest BCUT2D eigenvalue weighted by Gasteiger charge is 2.09. The molecule has 1 rings (SSSR count). The molecule has 1 aromatic rings. The Bertz CT molecular complexity index is 464. The topological polar surface area (TPSA) is 82.2 Å². The molecule has 0 aliphatic heterocycles. The molecule has 0 heterocycles. The molecule has 5 nitrogen and oxygen atoms in total. The van der Waals surface area contributed by atoms with Crippen molar-refractivity contribution >= 4 is 5.91 Å². The van der Waals surface area contributed by atoms with Gasteiger partial charge in [-0.2, -0.15) is 5.26 Å². The Labute approximate surface area is 120 Å². The molecule has 0 fully saturated rings. The lowest BCUT2D eigenvalue weighted by molar-refractivity contribution is -0.120. The van der Waals surface area contributed by atoms with E-state index < -0.39 is 0 Å². The number of hydrogen-bond acceptors (Lipinski definition) is 4. The number of nitrogens with zero attached hydrogens (tertiary/aromatic N) is 2. The Kier molecular flexibility index (Phi) is 6.71. The van der Waals surface area contributed by atoms with E-state index in [1.807, 2.05) is 31.2 Å². The van der Waals surface area contributed by atoms with E-state index in [0.717, 1.165) is 25.2 Å². The molecule has 1 atom stereocenters. The molecule has 20 heavy (non-hydrogen) atoms. The molecule has 108 valence electrons. The highest BCUT2D eigenvalue weighted by molar-refractivity contribution is 5.77. The number of hydrogen-bond donors (Lipinski definition) is 2. The van der Waals surface area contributed by atoms with E-state index in [0.29, 0.717) is 6.42 Å². The maximum absolute atomic E-state index is 11.2. The Balaban J connectivity index is 2.59. The minimum absolute atomic E-state index is 0.0301. The number of rotatable bonds is 7. The Morgan fingerprint density at radius 1 is 1.40 bits per heavy atom. The number of carbonyl (C=O) groups is 1. The highest BCUT2D eigenvalue weighted by Crippen LogP contribution is 2.09. The maximum Gasteiger partial charge on any atom is 0.238 e. The van der Waals surface area contributed by atoms with Gasteiger partial charge < -0.3 is 0 Å². The van der Waals surface area contributed by atoms with Crippen molar-refractivity contribution in [2.45, 2.75) is 26.8 Å². The van der Waals surface area contributed by atoms with Gasteiger partial charge in [0.05, 0.1) is 18.4 Å². The van der Waals surface area contributed by atoms with Gasteiger partial charge in [-0.3, -0.25) is 15.1 Å².